The highest BCUT2D eigenvalue weighted by Gasteiger charge is 2.33. The van der Waals surface area contributed by atoms with Gasteiger partial charge in [0.1, 0.15) is 5.60 Å². The van der Waals surface area contributed by atoms with Crippen molar-refractivity contribution in [2.45, 2.75) is 11.4 Å². The highest BCUT2D eigenvalue weighted by atomic mass is 32.2. The number of thioether (sulfide) groups is 1. The Morgan fingerprint density at radius 3 is 2.64 bits per heavy atom. The van der Waals surface area contributed by atoms with Crippen molar-refractivity contribution < 1.29 is 9.90 Å². The molecule has 25 heavy (non-hydrogen) atoms. The molecule has 0 bridgehead atoms. The molecule has 0 saturated heterocycles. The van der Waals surface area contributed by atoms with E-state index in [2.05, 4.69) is 17.4 Å². The van der Waals surface area contributed by atoms with Crippen LogP contribution in [0.5, 0.6) is 0 Å². The predicted octanol–water partition coefficient (Wildman–Crippen LogP) is 4.10. The molecule has 3 nitrogen and oxygen atoms in total. The number of aliphatic hydroxyl groups is 1. The number of benzene rings is 1. The van der Waals surface area contributed by atoms with Crippen molar-refractivity contribution in [3.63, 3.8) is 0 Å². The number of hydrogen-bond acceptors (Lipinski definition) is 5. The Balaban J connectivity index is 1.55. The van der Waals surface area contributed by atoms with E-state index in [1.54, 1.807) is 11.8 Å². The molecule has 0 aliphatic heterocycles. The molecule has 2 N–H and O–H groups in total. The smallest absolute Gasteiger partial charge is 0.230 e. The maximum Gasteiger partial charge on any atom is 0.230 e. The molecular formula is C19H19NO2S3. The minimum absolute atomic E-state index is 0.0638. The Morgan fingerprint density at radius 2 is 1.96 bits per heavy atom. The Morgan fingerprint density at radius 1 is 1.12 bits per heavy atom. The minimum Gasteiger partial charge on any atom is -0.378 e. The zero-order chi connectivity index (χ0) is 17.5. The van der Waals surface area contributed by atoms with Crippen LogP contribution in [0.25, 0.3) is 0 Å². The van der Waals surface area contributed by atoms with Crippen molar-refractivity contribution in [3.8, 4) is 0 Å². The summed E-state index contributed by atoms with van der Waals surface area (Å²) >= 11 is 4.60. The molecule has 0 aliphatic rings. The Bertz CT molecular complexity index is 736. The predicted molar refractivity (Wildman–Crippen MR) is 107 cm³/mol. The first-order valence-corrected chi connectivity index (χ1v) is 10.8. The van der Waals surface area contributed by atoms with Gasteiger partial charge in [-0.2, -0.15) is 11.3 Å². The molecule has 1 aromatic carbocycles. The minimum atomic E-state index is -1.17. The first-order valence-electron chi connectivity index (χ1n) is 7.86. The van der Waals surface area contributed by atoms with E-state index in [1.165, 1.54) is 28.2 Å². The molecule has 0 unspecified atom stereocenters. The number of hydrogen-bond donors (Lipinski definition) is 2. The fourth-order valence-corrected chi connectivity index (χ4v) is 4.85. The third-order valence-electron chi connectivity index (χ3n) is 3.81. The molecule has 0 saturated carbocycles. The van der Waals surface area contributed by atoms with Gasteiger partial charge >= 0.3 is 0 Å². The molecule has 0 fully saturated rings. The lowest BCUT2D eigenvalue weighted by Gasteiger charge is -2.27. The Hall–Kier alpha value is -1.60. The first kappa shape index (κ1) is 18.2. The number of amides is 1. The van der Waals surface area contributed by atoms with Crippen molar-refractivity contribution in [1.29, 1.82) is 0 Å². The molecule has 0 radical (unpaired) electrons. The number of carbonyl (C=O) groups is 1. The van der Waals surface area contributed by atoms with Crippen LogP contribution < -0.4 is 5.32 Å². The fourth-order valence-electron chi connectivity index (χ4n) is 2.46. The van der Waals surface area contributed by atoms with Crippen molar-refractivity contribution in [1.82, 2.24) is 5.32 Å². The monoisotopic (exact) mass is 389 g/mol. The number of rotatable bonds is 8. The summed E-state index contributed by atoms with van der Waals surface area (Å²) in [6.07, 6.45) is 0. The molecule has 130 valence electrons. The van der Waals surface area contributed by atoms with Crippen LogP contribution in [0.1, 0.15) is 16.0 Å². The summed E-state index contributed by atoms with van der Waals surface area (Å²) in [6.45, 7) is 0.176. The second-order valence-corrected chi connectivity index (χ2v) is 8.32. The number of thiophene rings is 2. The Kier molecular flexibility index (Phi) is 6.31. The summed E-state index contributed by atoms with van der Waals surface area (Å²) in [5, 5.41) is 19.9. The van der Waals surface area contributed by atoms with E-state index in [0.717, 1.165) is 16.2 Å². The van der Waals surface area contributed by atoms with Gasteiger partial charge in [-0.05, 0) is 33.8 Å². The van der Waals surface area contributed by atoms with E-state index < -0.39 is 5.60 Å². The zero-order valence-electron chi connectivity index (χ0n) is 13.6. The third kappa shape index (κ3) is 4.73. The van der Waals surface area contributed by atoms with Gasteiger partial charge in [0.2, 0.25) is 5.91 Å². The number of carbonyl (C=O) groups excluding carboxylic acids is 1. The molecule has 2 heterocycles. The number of nitrogens with one attached hydrogen (secondary N) is 1. The van der Waals surface area contributed by atoms with E-state index in [0.29, 0.717) is 5.75 Å². The van der Waals surface area contributed by atoms with E-state index in [4.69, 9.17) is 0 Å². The van der Waals surface area contributed by atoms with Crippen LogP contribution in [0, 0.1) is 0 Å². The van der Waals surface area contributed by atoms with Crippen molar-refractivity contribution in [3.05, 3.63) is 80.7 Å². The van der Waals surface area contributed by atoms with Crippen LogP contribution >= 0.6 is 34.4 Å². The standard InChI is InChI=1S/C19H19NO2S3/c21-18(13-24-11-15-5-2-1-3-6-15)20-14-19(22,16-8-10-23-12-16)17-7-4-9-25-17/h1-10,12,22H,11,13-14H2,(H,20,21)/t19-/m0/s1. The SMILES string of the molecule is O=C(CSCc1ccccc1)NC[C@](O)(c1ccsc1)c1cccs1. The molecule has 3 aromatic rings. The summed E-state index contributed by atoms with van der Waals surface area (Å²) in [5.41, 5.74) is 0.847. The van der Waals surface area contributed by atoms with Crippen LogP contribution in [0.15, 0.2) is 64.7 Å². The van der Waals surface area contributed by atoms with Crippen LogP contribution in [0.4, 0.5) is 0 Å². The lowest BCUT2D eigenvalue weighted by Crippen LogP contribution is -2.41. The maximum absolute atomic E-state index is 12.2. The van der Waals surface area contributed by atoms with Gasteiger partial charge in [0, 0.05) is 16.2 Å². The molecule has 1 amide bonds. The zero-order valence-corrected chi connectivity index (χ0v) is 16.0. The molecular weight excluding hydrogens is 370 g/mol. The molecule has 1 atom stereocenters. The average Bonchev–Trinajstić information content (AvgIpc) is 3.34. The van der Waals surface area contributed by atoms with Gasteiger partial charge in [0.15, 0.2) is 0 Å². The van der Waals surface area contributed by atoms with Crippen molar-refractivity contribution in [2.75, 3.05) is 12.3 Å². The van der Waals surface area contributed by atoms with E-state index in [9.17, 15) is 9.90 Å². The van der Waals surface area contributed by atoms with Gasteiger partial charge in [0.05, 0.1) is 12.3 Å². The van der Waals surface area contributed by atoms with Gasteiger partial charge in [-0.15, -0.1) is 23.1 Å². The Labute approximate surface area is 159 Å². The second kappa shape index (κ2) is 8.67. The largest absolute Gasteiger partial charge is 0.378 e. The lowest BCUT2D eigenvalue weighted by atomic mass is 9.94. The second-order valence-electron chi connectivity index (χ2n) is 5.60. The van der Waals surface area contributed by atoms with E-state index in [1.807, 2.05) is 52.5 Å². The van der Waals surface area contributed by atoms with Crippen LogP contribution in [0.3, 0.4) is 0 Å². The van der Waals surface area contributed by atoms with E-state index in [-0.39, 0.29) is 12.5 Å². The maximum atomic E-state index is 12.2. The van der Waals surface area contributed by atoms with Gasteiger partial charge in [-0.25, -0.2) is 0 Å². The van der Waals surface area contributed by atoms with Crippen LogP contribution in [0.2, 0.25) is 0 Å². The van der Waals surface area contributed by atoms with E-state index >= 15 is 0 Å². The molecule has 0 aliphatic carbocycles. The van der Waals surface area contributed by atoms with Crippen molar-refractivity contribution in [2.24, 2.45) is 0 Å². The highest BCUT2D eigenvalue weighted by Crippen LogP contribution is 2.33. The van der Waals surface area contributed by atoms with Crippen molar-refractivity contribution >= 4 is 40.3 Å². The topological polar surface area (TPSA) is 49.3 Å². The van der Waals surface area contributed by atoms with Gasteiger partial charge in [-0.1, -0.05) is 36.4 Å². The third-order valence-corrected chi connectivity index (χ3v) is 6.52. The highest BCUT2D eigenvalue weighted by molar-refractivity contribution is 7.99. The fraction of sp³-hybridized carbons (Fsp3) is 0.211. The molecule has 6 heteroatoms. The normalized spacial score (nSPS) is 13.3. The average molecular weight is 390 g/mol. The summed E-state index contributed by atoms with van der Waals surface area (Å²) in [5.74, 6) is 1.11. The first-order chi connectivity index (χ1) is 12.2. The molecule has 0 spiro atoms. The van der Waals surface area contributed by atoms with Crippen LogP contribution in [-0.2, 0) is 16.1 Å². The summed E-state index contributed by atoms with van der Waals surface area (Å²) < 4.78 is 0. The van der Waals surface area contributed by atoms with Crippen LogP contribution in [-0.4, -0.2) is 23.3 Å². The van der Waals surface area contributed by atoms with Gasteiger partial charge in [0.25, 0.3) is 0 Å². The summed E-state index contributed by atoms with van der Waals surface area (Å²) in [6, 6.07) is 15.8. The summed E-state index contributed by atoms with van der Waals surface area (Å²) in [4.78, 5) is 13.0. The quantitative estimate of drug-likeness (QED) is 0.610. The molecule has 2 aromatic heterocycles. The lowest BCUT2D eigenvalue weighted by molar-refractivity contribution is -0.119. The van der Waals surface area contributed by atoms with Gasteiger partial charge in [-0.3, -0.25) is 4.79 Å². The summed E-state index contributed by atoms with van der Waals surface area (Å²) in [7, 11) is 0. The van der Waals surface area contributed by atoms with Gasteiger partial charge < -0.3 is 10.4 Å². The molecule has 3 rings (SSSR count).